The molecule has 0 aromatic heterocycles. The number of morpholine rings is 1. The molecule has 2 rings (SSSR count). The number of aliphatic hydroxyl groups excluding tert-OH is 1. The van der Waals surface area contributed by atoms with Gasteiger partial charge in [0.15, 0.2) is 11.6 Å². The fraction of sp³-hybridized carbons (Fsp3) is 0.538. The van der Waals surface area contributed by atoms with Crippen molar-refractivity contribution in [3.8, 4) is 5.75 Å². The Kier molecular flexibility index (Phi) is 4.52. The molecule has 1 aliphatic rings. The van der Waals surface area contributed by atoms with E-state index in [4.69, 9.17) is 14.6 Å². The van der Waals surface area contributed by atoms with Crippen LogP contribution in [-0.4, -0.2) is 49.5 Å². The number of benzene rings is 1. The molecule has 1 aliphatic heterocycles. The summed E-state index contributed by atoms with van der Waals surface area (Å²) in [5.74, 6) is -0.255. The van der Waals surface area contributed by atoms with E-state index in [2.05, 4.69) is 4.90 Å². The van der Waals surface area contributed by atoms with Crippen LogP contribution in [0.2, 0.25) is 0 Å². The summed E-state index contributed by atoms with van der Waals surface area (Å²) in [7, 11) is 2.02. The van der Waals surface area contributed by atoms with Crippen LogP contribution in [0.5, 0.6) is 5.75 Å². The molecule has 5 heteroatoms. The van der Waals surface area contributed by atoms with Crippen molar-refractivity contribution in [3.05, 3.63) is 29.6 Å². The zero-order chi connectivity index (χ0) is 13.0. The average molecular weight is 255 g/mol. The molecule has 1 heterocycles. The minimum Gasteiger partial charge on any atom is -0.488 e. The van der Waals surface area contributed by atoms with Gasteiger partial charge >= 0.3 is 0 Å². The van der Waals surface area contributed by atoms with Crippen LogP contribution in [0.4, 0.5) is 4.39 Å². The van der Waals surface area contributed by atoms with E-state index in [1.807, 2.05) is 7.05 Å². The van der Waals surface area contributed by atoms with E-state index in [1.54, 1.807) is 6.07 Å². The van der Waals surface area contributed by atoms with Crippen molar-refractivity contribution in [2.75, 3.05) is 33.4 Å². The first kappa shape index (κ1) is 13.3. The summed E-state index contributed by atoms with van der Waals surface area (Å²) in [6.07, 6.45) is -0.0272. The number of halogens is 1. The summed E-state index contributed by atoms with van der Waals surface area (Å²) in [5.41, 5.74) is 0.536. The Balaban J connectivity index is 1.89. The predicted molar refractivity (Wildman–Crippen MR) is 65.1 cm³/mol. The van der Waals surface area contributed by atoms with Gasteiger partial charge in [0, 0.05) is 13.1 Å². The number of rotatable bonds is 4. The van der Waals surface area contributed by atoms with Crippen LogP contribution in [0.3, 0.4) is 0 Å². The second-order valence-corrected chi connectivity index (χ2v) is 4.49. The lowest BCUT2D eigenvalue weighted by Gasteiger charge is -2.29. The monoisotopic (exact) mass is 255 g/mol. The van der Waals surface area contributed by atoms with Crippen LogP contribution >= 0.6 is 0 Å². The number of nitrogens with zero attached hydrogens (tertiary/aromatic N) is 1. The topological polar surface area (TPSA) is 41.9 Å². The lowest BCUT2D eigenvalue weighted by Crippen LogP contribution is -2.42. The molecule has 0 aliphatic carbocycles. The van der Waals surface area contributed by atoms with Gasteiger partial charge in [-0.1, -0.05) is 6.07 Å². The average Bonchev–Trinajstić information content (AvgIpc) is 2.37. The molecule has 0 bridgehead atoms. The van der Waals surface area contributed by atoms with Crippen molar-refractivity contribution in [2.45, 2.75) is 12.7 Å². The number of ether oxygens (including phenoxy) is 2. The summed E-state index contributed by atoms with van der Waals surface area (Å²) in [6.45, 7) is 2.54. The van der Waals surface area contributed by atoms with Gasteiger partial charge in [-0.05, 0) is 24.7 Å². The van der Waals surface area contributed by atoms with Crippen LogP contribution in [0.1, 0.15) is 5.56 Å². The first-order valence-electron chi connectivity index (χ1n) is 6.01. The Morgan fingerprint density at radius 2 is 2.39 bits per heavy atom. The standard InChI is InChI=1S/C13H18FNO3/c1-15-4-5-17-11(7-15)9-18-13-3-2-10(8-16)6-12(13)14/h2-3,6,11,16H,4-5,7-9H2,1H3. The van der Waals surface area contributed by atoms with Crippen molar-refractivity contribution < 1.29 is 19.0 Å². The van der Waals surface area contributed by atoms with Crippen molar-refractivity contribution in [1.82, 2.24) is 4.90 Å². The Morgan fingerprint density at radius 3 is 3.06 bits per heavy atom. The fourth-order valence-electron chi connectivity index (χ4n) is 1.91. The minimum absolute atomic E-state index is 0.0272. The fourth-order valence-corrected chi connectivity index (χ4v) is 1.91. The molecule has 1 aromatic carbocycles. The van der Waals surface area contributed by atoms with Crippen molar-refractivity contribution in [1.29, 1.82) is 0 Å². The number of likely N-dealkylation sites (N-methyl/N-ethyl adjacent to an activating group) is 1. The molecule has 1 fully saturated rings. The molecule has 1 N–H and O–H groups in total. The number of hydrogen-bond acceptors (Lipinski definition) is 4. The van der Waals surface area contributed by atoms with Crippen LogP contribution in [0, 0.1) is 5.82 Å². The van der Waals surface area contributed by atoms with Crippen molar-refractivity contribution in [3.63, 3.8) is 0 Å². The molecule has 0 saturated carbocycles. The Labute approximate surface area is 106 Å². The molecule has 100 valence electrons. The third-order valence-electron chi connectivity index (χ3n) is 2.95. The number of aliphatic hydroxyl groups is 1. The van der Waals surface area contributed by atoms with E-state index in [1.165, 1.54) is 12.1 Å². The van der Waals surface area contributed by atoms with Gasteiger partial charge in [-0.2, -0.15) is 0 Å². The summed E-state index contributed by atoms with van der Waals surface area (Å²) < 4.78 is 24.5. The molecule has 4 nitrogen and oxygen atoms in total. The molecule has 1 unspecified atom stereocenters. The third kappa shape index (κ3) is 3.41. The molecule has 1 atom stereocenters. The van der Waals surface area contributed by atoms with Crippen LogP contribution in [0.25, 0.3) is 0 Å². The quantitative estimate of drug-likeness (QED) is 0.872. The van der Waals surface area contributed by atoms with E-state index in [-0.39, 0.29) is 18.5 Å². The van der Waals surface area contributed by atoms with Gasteiger partial charge in [-0.25, -0.2) is 4.39 Å². The summed E-state index contributed by atoms with van der Waals surface area (Å²) in [4.78, 5) is 2.16. The molecule has 0 amide bonds. The van der Waals surface area contributed by atoms with Crippen LogP contribution in [0.15, 0.2) is 18.2 Å². The van der Waals surface area contributed by atoms with Gasteiger partial charge in [-0.3, -0.25) is 0 Å². The molecular formula is C13H18FNO3. The highest BCUT2D eigenvalue weighted by Gasteiger charge is 2.18. The highest BCUT2D eigenvalue weighted by Crippen LogP contribution is 2.19. The van der Waals surface area contributed by atoms with E-state index < -0.39 is 5.82 Å². The van der Waals surface area contributed by atoms with Gasteiger partial charge in [0.05, 0.1) is 13.2 Å². The molecule has 18 heavy (non-hydrogen) atoms. The summed E-state index contributed by atoms with van der Waals surface area (Å²) >= 11 is 0. The van der Waals surface area contributed by atoms with Gasteiger partial charge in [-0.15, -0.1) is 0 Å². The molecule has 1 aromatic rings. The number of hydrogen-bond donors (Lipinski definition) is 1. The lowest BCUT2D eigenvalue weighted by molar-refractivity contribution is -0.0408. The normalized spacial score (nSPS) is 20.9. The molecule has 0 spiro atoms. The Bertz CT molecular complexity index is 400. The zero-order valence-corrected chi connectivity index (χ0v) is 10.4. The molecule has 0 radical (unpaired) electrons. The lowest BCUT2D eigenvalue weighted by atomic mass is 10.2. The van der Waals surface area contributed by atoms with E-state index in [9.17, 15) is 4.39 Å². The Morgan fingerprint density at radius 1 is 1.56 bits per heavy atom. The second kappa shape index (κ2) is 6.13. The van der Waals surface area contributed by atoms with Gasteiger partial charge in [0.1, 0.15) is 12.7 Å². The maximum atomic E-state index is 13.6. The summed E-state index contributed by atoms with van der Waals surface area (Å²) in [6, 6.07) is 4.46. The van der Waals surface area contributed by atoms with Crippen molar-refractivity contribution in [2.24, 2.45) is 0 Å². The zero-order valence-electron chi connectivity index (χ0n) is 10.4. The molecule has 1 saturated heterocycles. The second-order valence-electron chi connectivity index (χ2n) is 4.49. The Hall–Kier alpha value is -1.17. The maximum absolute atomic E-state index is 13.6. The SMILES string of the molecule is CN1CCOC(COc2ccc(CO)cc2F)C1. The smallest absolute Gasteiger partial charge is 0.165 e. The highest BCUT2D eigenvalue weighted by molar-refractivity contribution is 5.29. The first-order valence-corrected chi connectivity index (χ1v) is 6.01. The van der Waals surface area contributed by atoms with E-state index in [0.717, 1.165) is 13.1 Å². The van der Waals surface area contributed by atoms with E-state index >= 15 is 0 Å². The highest BCUT2D eigenvalue weighted by atomic mass is 19.1. The third-order valence-corrected chi connectivity index (χ3v) is 2.95. The van der Waals surface area contributed by atoms with Gasteiger partial charge in [0.25, 0.3) is 0 Å². The molecular weight excluding hydrogens is 237 g/mol. The minimum atomic E-state index is -0.453. The van der Waals surface area contributed by atoms with Gasteiger partial charge < -0.3 is 19.5 Å². The largest absolute Gasteiger partial charge is 0.488 e. The summed E-state index contributed by atoms with van der Waals surface area (Å²) in [5, 5.41) is 8.88. The van der Waals surface area contributed by atoms with Crippen LogP contribution < -0.4 is 4.74 Å². The van der Waals surface area contributed by atoms with Gasteiger partial charge in [0.2, 0.25) is 0 Å². The predicted octanol–water partition coefficient (Wildman–Crippen LogP) is 1.03. The van der Waals surface area contributed by atoms with Crippen molar-refractivity contribution >= 4 is 0 Å². The maximum Gasteiger partial charge on any atom is 0.165 e. The van der Waals surface area contributed by atoms with E-state index in [0.29, 0.717) is 18.8 Å². The van der Waals surface area contributed by atoms with Crippen LogP contribution in [-0.2, 0) is 11.3 Å². The first-order chi connectivity index (χ1) is 8.69.